The number of ketones is 1. The Labute approximate surface area is 714 Å². The van der Waals surface area contributed by atoms with Crippen molar-refractivity contribution in [1.29, 1.82) is 0 Å². The van der Waals surface area contributed by atoms with Crippen LogP contribution in [-0.4, -0.2) is 69.1 Å². The van der Waals surface area contributed by atoms with Crippen LogP contribution < -0.4 is 33.7 Å². The summed E-state index contributed by atoms with van der Waals surface area (Å²) in [6.07, 6.45) is 8.29. The fraction of sp³-hybridized carbons (Fsp3) is 0.352. The Morgan fingerprint density at radius 2 is 0.697 bits per heavy atom. The van der Waals surface area contributed by atoms with E-state index in [0.29, 0.717) is 52.7 Å². The van der Waals surface area contributed by atoms with Gasteiger partial charge in [0.2, 0.25) is 0 Å². The highest BCUT2D eigenvalue weighted by Gasteiger charge is 2.51. The first-order valence-corrected chi connectivity index (χ1v) is 43.3. The van der Waals surface area contributed by atoms with Crippen LogP contribution >= 0.6 is 0 Å². The fourth-order valence-electron chi connectivity index (χ4n) is 18.7. The Bertz CT molecular complexity index is 5530. The molecular weight excluding hydrogens is 1530 g/mol. The molecule has 15 rings (SSSR count). The maximum atomic E-state index is 17.2. The quantitative estimate of drug-likeness (QED) is 0.0127. The van der Waals surface area contributed by atoms with Crippen molar-refractivity contribution in [1.82, 2.24) is 9.80 Å². The van der Waals surface area contributed by atoms with Gasteiger partial charge in [0, 0.05) is 66.8 Å². The molecule has 5 amide bonds. The van der Waals surface area contributed by atoms with E-state index in [4.69, 9.17) is 28.4 Å². The molecule has 1 N–H and O–H groups in total. The highest BCUT2D eigenvalue weighted by Crippen LogP contribution is 2.59. The van der Waals surface area contributed by atoms with Crippen LogP contribution in [0.4, 0.5) is 5.69 Å². The summed E-state index contributed by atoms with van der Waals surface area (Å²) < 4.78 is 43.4. The third-order valence-corrected chi connectivity index (χ3v) is 25.8. The first-order valence-electron chi connectivity index (χ1n) is 43.3. The lowest BCUT2D eigenvalue weighted by Crippen LogP contribution is -2.56. The molecule has 17 nitrogen and oxygen atoms in total. The fourth-order valence-corrected chi connectivity index (χ4v) is 18.7. The number of carbonyl (C=O) groups is 8. The molecule has 2 aliphatic carbocycles. The molecule has 122 heavy (non-hydrogen) atoms. The number of allylic oxidation sites excluding steroid dienone is 1. The Morgan fingerprint density at radius 3 is 1.00 bits per heavy atom. The maximum absolute atomic E-state index is 17.2. The van der Waals surface area contributed by atoms with Gasteiger partial charge in [-0.3, -0.25) is 38.6 Å². The second-order valence-corrected chi connectivity index (χ2v) is 35.8. The van der Waals surface area contributed by atoms with Crippen LogP contribution in [0.2, 0.25) is 0 Å². The Hall–Kier alpha value is -12.2. The molecule has 11 aromatic rings. The van der Waals surface area contributed by atoms with Crippen LogP contribution in [0.5, 0.6) is 57.5 Å². The van der Waals surface area contributed by atoms with E-state index in [2.05, 4.69) is 98.1 Å². The predicted molar refractivity (Wildman–Crippen MR) is 480 cm³/mol. The van der Waals surface area contributed by atoms with Crippen LogP contribution in [-0.2, 0) is 25.6 Å². The average Bonchev–Trinajstić information content (AvgIpc) is 0.667. The summed E-state index contributed by atoms with van der Waals surface area (Å²) >= 11 is 0. The molecule has 0 aromatic heterocycles. The summed E-state index contributed by atoms with van der Waals surface area (Å²) in [5, 5.41) is 4.89. The molecule has 0 spiro atoms. The largest absolute Gasteiger partial charge is 0.456 e. The number of hydrogen-bond donors (Lipinski definition) is 1. The van der Waals surface area contributed by atoms with Gasteiger partial charge in [0.1, 0.15) is 69.6 Å². The number of anilines is 1. The van der Waals surface area contributed by atoms with E-state index in [-0.39, 0.29) is 153 Å². The van der Waals surface area contributed by atoms with Crippen molar-refractivity contribution in [2.24, 2.45) is 23.7 Å². The molecule has 2 saturated carbocycles. The molecule has 4 unspecified atom stereocenters. The molecule has 4 aliphatic rings. The first kappa shape index (κ1) is 84.8. The van der Waals surface area contributed by atoms with Crippen molar-refractivity contribution >= 4 is 96.0 Å². The van der Waals surface area contributed by atoms with E-state index in [9.17, 15) is 9.59 Å². The van der Waals surface area contributed by atoms with Crippen molar-refractivity contribution in [3.05, 3.63) is 242 Å². The van der Waals surface area contributed by atoms with Crippen LogP contribution in [0.25, 0.3) is 43.1 Å². The molecule has 4 atom stereocenters. The Balaban J connectivity index is 1.08. The molecule has 2 aliphatic heterocycles. The summed E-state index contributed by atoms with van der Waals surface area (Å²) in [7, 11) is 0. The SMILES string of the molecule is C=C(C)C(=O)Cc1cccc(OC(=O)C(C(C)C2CCCCC2)N2C(=O)c3cc(Oc4ccc(C(C)C)cc4C)c4c5c(Oc6ccc(C(C)C)cc6C)cc6c7c(cc(Oc8ccc(C(C)C)cc8C)c(c8c(Oc9ccc(C(C)C)cc9C)cc(c3c48)C2=O)c75)C(=O)N(C(C(=O)Oc2cccc(NC(=O)C(=C)C)c2)C(C)C2CCCCC2)C6=O)c1. The number of amides is 5. The number of benzene rings is 11. The minimum absolute atomic E-state index is 0.00162. The summed E-state index contributed by atoms with van der Waals surface area (Å²) in [6, 6.07) is 40.3. The number of esters is 2. The number of nitrogens with one attached hydrogen (secondary N) is 1. The zero-order valence-corrected chi connectivity index (χ0v) is 72.9. The van der Waals surface area contributed by atoms with Gasteiger partial charge in [-0.1, -0.05) is 213 Å². The van der Waals surface area contributed by atoms with Crippen molar-refractivity contribution in [2.75, 3.05) is 5.32 Å². The third kappa shape index (κ3) is 16.2. The smallest absolute Gasteiger partial charge is 0.335 e. The van der Waals surface area contributed by atoms with E-state index < -0.39 is 65.4 Å². The van der Waals surface area contributed by atoms with Crippen LogP contribution in [0.1, 0.15) is 262 Å². The molecule has 628 valence electrons. The van der Waals surface area contributed by atoms with Crippen molar-refractivity contribution in [3.63, 3.8) is 0 Å². The van der Waals surface area contributed by atoms with Gasteiger partial charge >= 0.3 is 11.9 Å². The van der Waals surface area contributed by atoms with Crippen LogP contribution in [0.15, 0.2) is 170 Å². The topological polar surface area (TPSA) is 210 Å². The van der Waals surface area contributed by atoms with Gasteiger partial charge in [0.05, 0.1) is 22.3 Å². The van der Waals surface area contributed by atoms with Gasteiger partial charge in [0.15, 0.2) is 5.78 Å². The molecule has 0 saturated heterocycles. The number of Topliss-reactive ketones (excluding diaryl/α,β-unsaturated/α-hetero) is 1. The van der Waals surface area contributed by atoms with Crippen molar-refractivity contribution in [3.8, 4) is 57.5 Å². The van der Waals surface area contributed by atoms with E-state index in [0.717, 1.165) is 106 Å². The van der Waals surface area contributed by atoms with Crippen molar-refractivity contribution in [2.45, 2.75) is 217 Å². The van der Waals surface area contributed by atoms with Crippen LogP contribution in [0.3, 0.4) is 0 Å². The van der Waals surface area contributed by atoms with E-state index >= 15 is 28.8 Å². The normalized spacial score (nSPS) is 15.6. The number of aryl methyl sites for hydroxylation is 4. The maximum Gasteiger partial charge on any atom is 0.335 e. The van der Waals surface area contributed by atoms with Gasteiger partial charge < -0.3 is 33.7 Å². The van der Waals surface area contributed by atoms with Gasteiger partial charge in [-0.2, -0.15) is 0 Å². The van der Waals surface area contributed by atoms with Gasteiger partial charge in [-0.25, -0.2) is 9.59 Å². The van der Waals surface area contributed by atoms with Gasteiger partial charge in [0.25, 0.3) is 29.5 Å². The van der Waals surface area contributed by atoms with Crippen LogP contribution in [0, 0.1) is 51.4 Å². The molecule has 0 radical (unpaired) electrons. The minimum atomic E-state index is -1.54. The van der Waals surface area contributed by atoms with Crippen molar-refractivity contribution < 1.29 is 66.8 Å². The zero-order valence-electron chi connectivity index (χ0n) is 72.9. The molecular formula is C105H109N3O14. The number of carbonyl (C=O) groups excluding carboxylic acids is 8. The monoisotopic (exact) mass is 1640 g/mol. The summed E-state index contributed by atoms with van der Waals surface area (Å²) in [4.78, 5) is 129. The first-order chi connectivity index (χ1) is 58.2. The highest BCUT2D eigenvalue weighted by atomic mass is 16.5. The molecule has 0 bridgehead atoms. The standard InChI is InChI=1S/C105H109N3O14/c1-54(2)69-35-39-81(60(13)43-69)119-85-50-76-89-77(101(112)107(100(76)111)97(64(17)67-28-21-19-22-29-67)104(115)117-74-33-25-27-66(47-74)48-80(109)58(9)10)51-86(120-82-40-36-70(55(3)4)44-61(82)14)92-94-88(122-84-42-38-72(57(7)8)46-63(84)16)53-79-90-78(52-87(93(96(90)94)91(85)95(89)92)121-83-41-37-71(56(5)6)45-62(83)15)102(113)108(103(79)114)98(65(18)68-30-23-20-24-31-68)105(116)118-75-34-26-32-73(49-75)106-99(110)59(11)12/h25-27,32-47,49-57,64-65,67-68,97-98H,9,11,19-24,28-31,48H2,1-8,10,12-18H3,(H,106,110). The lowest BCUT2D eigenvalue weighted by atomic mass is 9.76. The molecule has 11 aromatic carbocycles. The summed E-state index contributed by atoms with van der Waals surface area (Å²) in [5.41, 5.74) is 8.60. The van der Waals surface area contributed by atoms with E-state index in [1.165, 1.54) is 6.07 Å². The van der Waals surface area contributed by atoms with Gasteiger partial charge in [-0.05, 0) is 217 Å². The Kier molecular flexibility index (Phi) is 23.9. The predicted octanol–water partition coefficient (Wildman–Crippen LogP) is 25.4. The Morgan fingerprint density at radius 1 is 0.377 bits per heavy atom. The number of ether oxygens (including phenoxy) is 6. The van der Waals surface area contributed by atoms with E-state index in [1.807, 2.05) is 90.1 Å². The number of nitrogens with zero attached hydrogens (tertiary/aromatic N) is 2. The summed E-state index contributed by atoms with van der Waals surface area (Å²) in [5.74, 6) is -4.64. The lowest BCUT2D eigenvalue weighted by Gasteiger charge is -2.40. The summed E-state index contributed by atoms with van der Waals surface area (Å²) in [6.45, 7) is 39.4. The average molecular weight is 1640 g/mol. The third-order valence-electron chi connectivity index (χ3n) is 25.8. The highest BCUT2D eigenvalue weighted by molar-refractivity contribution is 6.45. The number of hydrogen-bond acceptors (Lipinski definition) is 14. The second kappa shape index (κ2) is 34.3. The molecule has 2 fully saturated rings. The van der Waals surface area contributed by atoms with E-state index in [1.54, 1.807) is 80.6 Å². The minimum Gasteiger partial charge on any atom is -0.456 e. The van der Waals surface area contributed by atoms with Gasteiger partial charge in [-0.15, -0.1) is 0 Å². The molecule has 2 heterocycles. The zero-order chi connectivity index (χ0) is 86.9. The number of rotatable bonds is 27. The number of fused-ring (bicyclic) bond motifs is 2. The molecule has 17 heteroatoms. The lowest BCUT2D eigenvalue weighted by molar-refractivity contribution is -0.142. The second-order valence-electron chi connectivity index (χ2n) is 35.8. The number of imide groups is 2.